The Hall–Kier alpha value is -1.87. The number of carbonyl (C=O) groups excluding carboxylic acids is 1. The Morgan fingerprint density at radius 3 is 2.41 bits per heavy atom. The summed E-state index contributed by atoms with van der Waals surface area (Å²) in [5.74, 6) is -0.919. The Kier molecular flexibility index (Phi) is 3.69. The first-order valence-corrected chi connectivity index (χ1v) is 7.19. The molecule has 2 aliphatic rings. The van der Waals surface area contributed by atoms with Gasteiger partial charge in [-0.15, -0.1) is 0 Å². The van der Waals surface area contributed by atoms with Crippen LogP contribution in [0.25, 0.3) is 0 Å². The van der Waals surface area contributed by atoms with Gasteiger partial charge in [-0.2, -0.15) is 18.4 Å². The number of ketones is 1. The number of nitriles is 1. The summed E-state index contributed by atoms with van der Waals surface area (Å²) in [6.45, 7) is 0. The first kappa shape index (κ1) is 15.0. The number of halogens is 3. The first-order chi connectivity index (χ1) is 10.4. The summed E-state index contributed by atoms with van der Waals surface area (Å²) in [5.41, 5.74) is -1.45. The van der Waals surface area contributed by atoms with Gasteiger partial charge in [0.05, 0.1) is 29.4 Å². The van der Waals surface area contributed by atoms with Crippen LogP contribution >= 0.6 is 0 Å². The minimum absolute atomic E-state index is 0.0135. The highest BCUT2D eigenvalue weighted by atomic mass is 19.4. The topological polar surface area (TPSA) is 50.1 Å². The largest absolute Gasteiger partial charge is 0.417 e. The zero-order valence-corrected chi connectivity index (χ0v) is 11.7. The standard InChI is InChI=1S/C16H14F3NO2/c17-16(18,19)14-5-9(8-20)1-4-13(14)15(21)10-6-11-2-3-12(7-10)22-11/h1,4-5,10-12H,2-3,6-7H2. The Morgan fingerprint density at radius 2 is 1.86 bits per heavy atom. The number of Topliss-reactive ketones (excluding diaryl/α,β-unsaturated/α-hetero) is 1. The number of carbonyl (C=O) groups is 1. The Bertz CT molecular complexity index is 636. The number of hydrogen-bond acceptors (Lipinski definition) is 3. The third-order valence-electron chi connectivity index (χ3n) is 4.38. The van der Waals surface area contributed by atoms with Crippen LogP contribution in [0.15, 0.2) is 18.2 Å². The molecule has 2 unspecified atom stereocenters. The summed E-state index contributed by atoms with van der Waals surface area (Å²) in [4.78, 5) is 12.5. The molecule has 2 fully saturated rings. The maximum atomic E-state index is 13.2. The molecule has 0 amide bonds. The van der Waals surface area contributed by atoms with Gasteiger partial charge in [0.25, 0.3) is 0 Å². The summed E-state index contributed by atoms with van der Waals surface area (Å²) >= 11 is 0. The lowest BCUT2D eigenvalue weighted by Gasteiger charge is -2.28. The molecule has 6 heteroatoms. The van der Waals surface area contributed by atoms with Gasteiger partial charge in [-0.25, -0.2) is 0 Å². The molecular weight excluding hydrogens is 295 g/mol. The minimum Gasteiger partial charge on any atom is -0.375 e. The fourth-order valence-corrected chi connectivity index (χ4v) is 3.35. The van der Waals surface area contributed by atoms with Crippen LogP contribution in [0.3, 0.4) is 0 Å². The van der Waals surface area contributed by atoms with E-state index in [-0.39, 0.29) is 23.3 Å². The van der Waals surface area contributed by atoms with Gasteiger partial charge in [-0.05, 0) is 43.9 Å². The molecule has 0 aromatic heterocycles. The Morgan fingerprint density at radius 1 is 1.23 bits per heavy atom. The van der Waals surface area contributed by atoms with Gasteiger partial charge in [0, 0.05) is 11.5 Å². The van der Waals surface area contributed by atoms with Gasteiger partial charge in [0.2, 0.25) is 0 Å². The van der Waals surface area contributed by atoms with Gasteiger partial charge in [0.15, 0.2) is 5.78 Å². The molecule has 2 saturated heterocycles. The van der Waals surface area contributed by atoms with Crippen molar-refractivity contribution in [2.75, 3.05) is 0 Å². The van der Waals surface area contributed by atoms with E-state index < -0.39 is 23.4 Å². The van der Waals surface area contributed by atoms with Gasteiger partial charge in [0.1, 0.15) is 0 Å². The highest BCUT2D eigenvalue weighted by Crippen LogP contribution is 2.39. The third-order valence-corrected chi connectivity index (χ3v) is 4.38. The highest BCUT2D eigenvalue weighted by Gasteiger charge is 2.41. The summed E-state index contributed by atoms with van der Waals surface area (Å²) in [7, 11) is 0. The number of hydrogen-bond donors (Lipinski definition) is 0. The van der Waals surface area contributed by atoms with Crippen LogP contribution in [-0.4, -0.2) is 18.0 Å². The van der Waals surface area contributed by atoms with Crippen molar-refractivity contribution < 1.29 is 22.7 Å². The van der Waals surface area contributed by atoms with Crippen molar-refractivity contribution in [1.82, 2.24) is 0 Å². The molecule has 0 saturated carbocycles. The molecule has 1 aromatic rings. The minimum atomic E-state index is -4.65. The van der Waals surface area contributed by atoms with Gasteiger partial charge >= 0.3 is 6.18 Å². The van der Waals surface area contributed by atoms with E-state index in [1.165, 1.54) is 6.07 Å². The molecule has 116 valence electrons. The third kappa shape index (κ3) is 2.73. The van der Waals surface area contributed by atoms with E-state index in [1.54, 1.807) is 6.07 Å². The second kappa shape index (κ2) is 5.40. The monoisotopic (exact) mass is 309 g/mol. The highest BCUT2D eigenvalue weighted by molar-refractivity contribution is 5.99. The van der Waals surface area contributed by atoms with E-state index in [4.69, 9.17) is 10.00 Å². The molecule has 0 aliphatic carbocycles. The maximum Gasteiger partial charge on any atom is 0.417 e. The van der Waals surface area contributed by atoms with Crippen molar-refractivity contribution in [3.63, 3.8) is 0 Å². The van der Waals surface area contributed by atoms with Crippen molar-refractivity contribution in [2.45, 2.75) is 44.1 Å². The maximum absolute atomic E-state index is 13.2. The lowest BCUT2D eigenvalue weighted by atomic mass is 9.86. The molecule has 1 aromatic carbocycles. The van der Waals surface area contributed by atoms with E-state index in [0.29, 0.717) is 12.8 Å². The lowest BCUT2D eigenvalue weighted by Crippen LogP contribution is -2.31. The molecule has 2 heterocycles. The summed E-state index contributed by atoms with van der Waals surface area (Å²) in [6, 6.07) is 4.82. The van der Waals surface area contributed by atoms with E-state index in [0.717, 1.165) is 25.0 Å². The first-order valence-electron chi connectivity index (χ1n) is 7.19. The fourth-order valence-electron chi connectivity index (χ4n) is 3.35. The number of ether oxygens (including phenoxy) is 1. The van der Waals surface area contributed by atoms with Gasteiger partial charge < -0.3 is 4.74 Å². The summed E-state index contributed by atoms with van der Waals surface area (Å²) in [6.07, 6.45) is -1.98. The second-order valence-corrected chi connectivity index (χ2v) is 5.86. The Balaban J connectivity index is 1.94. The average Bonchev–Trinajstić information content (AvgIpc) is 2.83. The number of nitrogens with zero attached hydrogens (tertiary/aromatic N) is 1. The van der Waals surface area contributed by atoms with Crippen molar-refractivity contribution >= 4 is 5.78 Å². The molecular formula is C16H14F3NO2. The molecule has 0 N–H and O–H groups in total. The SMILES string of the molecule is N#Cc1ccc(C(=O)C2CC3CCC(C2)O3)c(C(F)(F)F)c1. The normalized spacial score (nSPS) is 27.5. The van der Waals surface area contributed by atoms with E-state index in [2.05, 4.69) is 0 Å². The molecule has 2 bridgehead atoms. The van der Waals surface area contributed by atoms with Crippen LogP contribution in [0.4, 0.5) is 13.2 Å². The van der Waals surface area contributed by atoms with E-state index >= 15 is 0 Å². The molecule has 3 rings (SSSR count). The van der Waals surface area contributed by atoms with Crippen molar-refractivity contribution in [3.05, 3.63) is 34.9 Å². The quantitative estimate of drug-likeness (QED) is 0.782. The van der Waals surface area contributed by atoms with Crippen molar-refractivity contribution in [3.8, 4) is 6.07 Å². The van der Waals surface area contributed by atoms with Crippen LogP contribution in [0.1, 0.15) is 47.2 Å². The summed E-state index contributed by atoms with van der Waals surface area (Å²) in [5, 5.41) is 8.76. The van der Waals surface area contributed by atoms with Gasteiger partial charge in [-0.1, -0.05) is 0 Å². The smallest absolute Gasteiger partial charge is 0.375 e. The van der Waals surface area contributed by atoms with Crippen molar-refractivity contribution in [2.24, 2.45) is 5.92 Å². The fraction of sp³-hybridized carbons (Fsp3) is 0.500. The lowest BCUT2D eigenvalue weighted by molar-refractivity contribution is -0.138. The predicted octanol–water partition coefficient (Wildman–Crippen LogP) is 3.72. The number of alkyl halides is 3. The zero-order valence-electron chi connectivity index (χ0n) is 11.7. The number of fused-ring (bicyclic) bond motifs is 2. The molecule has 2 atom stereocenters. The predicted molar refractivity (Wildman–Crippen MR) is 71.1 cm³/mol. The summed E-state index contributed by atoms with van der Waals surface area (Å²) < 4.78 is 45.1. The van der Waals surface area contributed by atoms with Crippen LogP contribution in [0, 0.1) is 17.2 Å². The van der Waals surface area contributed by atoms with Crippen LogP contribution < -0.4 is 0 Å². The molecule has 0 radical (unpaired) electrons. The van der Waals surface area contributed by atoms with Crippen LogP contribution in [0.2, 0.25) is 0 Å². The number of rotatable bonds is 2. The molecule has 0 spiro atoms. The number of benzene rings is 1. The average molecular weight is 309 g/mol. The van der Waals surface area contributed by atoms with Crippen molar-refractivity contribution in [1.29, 1.82) is 5.26 Å². The van der Waals surface area contributed by atoms with Crippen LogP contribution in [-0.2, 0) is 10.9 Å². The Labute approximate surface area is 125 Å². The zero-order chi connectivity index (χ0) is 15.9. The van der Waals surface area contributed by atoms with Gasteiger partial charge in [-0.3, -0.25) is 4.79 Å². The molecule has 22 heavy (non-hydrogen) atoms. The van der Waals surface area contributed by atoms with E-state index in [9.17, 15) is 18.0 Å². The molecule has 3 nitrogen and oxygen atoms in total. The van der Waals surface area contributed by atoms with Crippen LogP contribution in [0.5, 0.6) is 0 Å². The molecule has 2 aliphatic heterocycles. The van der Waals surface area contributed by atoms with E-state index in [1.807, 2.05) is 0 Å². The second-order valence-electron chi connectivity index (χ2n) is 5.86.